The number of nitrogen functional groups attached to an aromatic ring is 1. The lowest BCUT2D eigenvalue weighted by molar-refractivity contribution is 0.0992. The van der Waals surface area contributed by atoms with E-state index in [1.54, 1.807) is 0 Å². The molecular weight excluding hydrogens is 242 g/mol. The maximum absolute atomic E-state index is 8.62. The second-order valence-corrected chi connectivity index (χ2v) is 4.35. The summed E-state index contributed by atoms with van der Waals surface area (Å²) in [6.45, 7) is 3.60. The van der Waals surface area contributed by atoms with Gasteiger partial charge in [0.25, 0.3) is 0 Å². The molecule has 1 aromatic carbocycles. The summed E-state index contributed by atoms with van der Waals surface area (Å²) in [5, 5.41) is 12.9. The van der Waals surface area contributed by atoms with Crippen LogP contribution in [0.5, 0.6) is 0 Å². The molecule has 2 rings (SSSR count). The zero-order chi connectivity index (χ0) is 13.7. The number of aromatic nitrogens is 1. The van der Waals surface area contributed by atoms with Crippen molar-refractivity contribution in [3.8, 4) is 0 Å². The van der Waals surface area contributed by atoms with Crippen LogP contribution in [0.3, 0.4) is 0 Å². The summed E-state index contributed by atoms with van der Waals surface area (Å²) < 4.78 is 5.22. The minimum Gasteiger partial charge on any atom is -0.399 e. The van der Waals surface area contributed by atoms with Crippen molar-refractivity contribution < 1.29 is 9.84 Å². The molecule has 0 unspecified atom stereocenters. The molecule has 1 heterocycles. The molecule has 0 atom stereocenters. The molecule has 2 aromatic rings. The topological polar surface area (TPSA) is 80.4 Å². The Morgan fingerprint density at radius 3 is 2.95 bits per heavy atom. The maximum Gasteiger partial charge on any atom is 0.0727 e. The Labute approximate surface area is 112 Å². The first-order valence-electron chi connectivity index (χ1n) is 6.30. The number of nitrogens with zero attached hydrogens (tertiary/aromatic N) is 1. The Kier molecular flexibility index (Phi) is 4.54. The van der Waals surface area contributed by atoms with E-state index in [-0.39, 0.29) is 6.61 Å². The molecule has 0 saturated heterocycles. The molecule has 5 nitrogen and oxygen atoms in total. The maximum atomic E-state index is 8.62. The Morgan fingerprint density at radius 1 is 1.32 bits per heavy atom. The first-order valence-corrected chi connectivity index (χ1v) is 6.30. The lowest BCUT2D eigenvalue weighted by Gasteiger charge is -2.11. The molecule has 5 heteroatoms. The van der Waals surface area contributed by atoms with Crippen molar-refractivity contribution >= 4 is 22.3 Å². The molecule has 0 aliphatic rings. The van der Waals surface area contributed by atoms with Gasteiger partial charge in [-0.05, 0) is 31.2 Å². The van der Waals surface area contributed by atoms with Crippen LogP contribution >= 0.6 is 0 Å². The van der Waals surface area contributed by atoms with E-state index in [0.29, 0.717) is 19.8 Å². The average molecular weight is 261 g/mol. The summed E-state index contributed by atoms with van der Waals surface area (Å²) in [5.74, 6) is 0. The van der Waals surface area contributed by atoms with Crippen LogP contribution in [-0.2, 0) is 4.74 Å². The number of hydrogen-bond acceptors (Lipinski definition) is 5. The molecule has 0 aliphatic heterocycles. The summed E-state index contributed by atoms with van der Waals surface area (Å²) in [5.41, 5.74) is 9.42. The van der Waals surface area contributed by atoms with Crippen LogP contribution in [0.1, 0.15) is 5.69 Å². The normalized spacial score (nSPS) is 10.8. The van der Waals surface area contributed by atoms with E-state index < -0.39 is 0 Å². The quantitative estimate of drug-likeness (QED) is 0.543. The van der Waals surface area contributed by atoms with Gasteiger partial charge in [-0.15, -0.1) is 0 Å². The zero-order valence-electron chi connectivity index (χ0n) is 11.0. The van der Waals surface area contributed by atoms with Crippen molar-refractivity contribution in [3.05, 3.63) is 30.0 Å². The lowest BCUT2D eigenvalue weighted by Crippen LogP contribution is -2.11. The van der Waals surface area contributed by atoms with Crippen LogP contribution in [0.2, 0.25) is 0 Å². The van der Waals surface area contributed by atoms with Gasteiger partial charge in [-0.2, -0.15) is 0 Å². The van der Waals surface area contributed by atoms with Gasteiger partial charge in [0, 0.05) is 29.0 Å². The number of rotatable bonds is 6. The highest BCUT2D eigenvalue weighted by Crippen LogP contribution is 2.25. The molecule has 1 aromatic heterocycles. The fourth-order valence-electron chi connectivity index (χ4n) is 1.95. The number of benzene rings is 1. The largest absolute Gasteiger partial charge is 0.399 e. The third-order valence-corrected chi connectivity index (χ3v) is 2.76. The molecule has 0 saturated carbocycles. The van der Waals surface area contributed by atoms with E-state index in [9.17, 15) is 0 Å². The van der Waals surface area contributed by atoms with E-state index in [0.717, 1.165) is 28.0 Å². The van der Waals surface area contributed by atoms with Gasteiger partial charge in [0.15, 0.2) is 0 Å². The molecular formula is C14H19N3O2. The van der Waals surface area contributed by atoms with Crippen LogP contribution in [0.4, 0.5) is 11.4 Å². The fourth-order valence-corrected chi connectivity index (χ4v) is 1.95. The molecule has 102 valence electrons. The highest BCUT2D eigenvalue weighted by Gasteiger charge is 2.04. The standard InChI is InChI=1S/C14H19N3O2/c1-10-8-14(16-4-6-19-7-5-18)12-9-11(15)2-3-13(12)17-10/h2-3,8-9,18H,4-7,15H2,1H3,(H,16,17). The third-order valence-electron chi connectivity index (χ3n) is 2.76. The molecule has 0 aliphatic carbocycles. The zero-order valence-corrected chi connectivity index (χ0v) is 11.0. The number of nitrogens with one attached hydrogen (secondary N) is 1. The number of anilines is 2. The van der Waals surface area contributed by atoms with Crippen molar-refractivity contribution in [2.45, 2.75) is 6.92 Å². The number of fused-ring (bicyclic) bond motifs is 1. The van der Waals surface area contributed by atoms with E-state index in [4.69, 9.17) is 15.6 Å². The Hall–Kier alpha value is -1.85. The number of aliphatic hydroxyl groups excluding tert-OH is 1. The summed E-state index contributed by atoms with van der Waals surface area (Å²) >= 11 is 0. The first kappa shape index (κ1) is 13.6. The van der Waals surface area contributed by atoms with E-state index in [1.165, 1.54) is 0 Å². The predicted molar refractivity (Wildman–Crippen MR) is 77.3 cm³/mol. The van der Waals surface area contributed by atoms with E-state index in [2.05, 4.69) is 10.3 Å². The average Bonchev–Trinajstić information content (AvgIpc) is 2.39. The van der Waals surface area contributed by atoms with Crippen molar-refractivity contribution in [3.63, 3.8) is 0 Å². The minimum absolute atomic E-state index is 0.0494. The molecule has 0 bridgehead atoms. The summed E-state index contributed by atoms with van der Waals surface area (Å²) in [4.78, 5) is 4.48. The first-order chi connectivity index (χ1) is 9.20. The van der Waals surface area contributed by atoms with E-state index in [1.807, 2.05) is 31.2 Å². The number of ether oxygens (including phenoxy) is 1. The highest BCUT2D eigenvalue weighted by molar-refractivity contribution is 5.93. The number of pyridine rings is 1. The molecule has 0 amide bonds. The molecule has 0 spiro atoms. The highest BCUT2D eigenvalue weighted by atomic mass is 16.5. The van der Waals surface area contributed by atoms with Gasteiger partial charge in [-0.3, -0.25) is 4.98 Å². The molecule has 0 radical (unpaired) electrons. The molecule has 19 heavy (non-hydrogen) atoms. The number of aliphatic hydroxyl groups is 1. The van der Waals surface area contributed by atoms with Crippen LogP contribution in [0.25, 0.3) is 10.9 Å². The van der Waals surface area contributed by atoms with E-state index >= 15 is 0 Å². The van der Waals surface area contributed by atoms with Crippen LogP contribution in [0.15, 0.2) is 24.3 Å². The molecule has 4 N–H and O–H groups in total. The van der Waals surface area contributed by atoms with Gasteiger partial charge >= 0.3 is 0 Å². The second-order valence-electron chi connectivity index (χ2n) is 4.35. The van der Waals surface area contributed by atoms with Gasteiger partial charge in [-0.1, -0.05) is 0 Å². The van der Waals surface area contributed by atoms with Crippen molar-refractivity contribution in [1.29, 1.82) is 0 Å². The van der Waals surface area contributed by atoms with Crippen molar-refractivity contribution in [2.75, 3.05) is 37.4 Å². The third kappa shape index (κ3) is 3.56. The lowest BCUT2D eigenvalue weighted by atomic mass is 10.1. The smallest absolute Gasteiger partial charge is 0.0727 e. The van der Waals surface area contributed by atoms with Gasteiger partial charge in [-0.25, -0.2) is 0 Å². The van der Waals surface area contributed by atoms with Gasteiger partial charge in [0.2, 0.25) is 0 Å². The van der Waals surface area contributed by atoms with Crippen LogP contribution < -0.4 is 11.1 Å². The SMILES string of the molecule is Cc1cc(NCCOCCO)c2cc(N)ccc2n1. The Morgan fingerprint density at radius 2 is 2.16 bits per heavy atom. The predicted octanol–water partition coefficient (Wildman–Crippen LogP) is 1.55. The fraction of sp³-hybridized carbons (Fsp3) is 0.357. The Balaban J connectivity index is 2.14. The molecule has 0 fully saturated rings. The monoisotopic (exact) mass is 261 g/mol. The summed E-state index contributed by atoms with van der Waals surface area (Å²) in [7, 11) is 0. The minimum atomic E-state index is 0.0494. The summed E-state index contributed by atoms with van der Waals surface area (Å²) in [6.07, 6.45) is 0. The number of nitrogens with two attached hydrogens (primary N) is 1. The van der Waals surface area contributed by atoms with Crippen LogP contribution in [-0.4, -0.2) is 36.5 Å². The van der Waals surface area contributed by atoms with Gasteiger partial charge in [0.05, 0.1) is 25.3 Å². The second kappa shape index (κ2) is 6.36. The van der Waals surface area contributed by atoms with Crippen LogP contribution in [0, 0.1) is 6.92 Å². The Bertz CT molecular complexity index is 558. The van der Waals surface area contributed by atoms with Crippen molar-refractivity contribution in [1.82, 2.24) is 4.98 Å². The van der Waals surface area contributed by atoms with Gasteiger partial charge in [0.1, 0.15) is 0 Å². The number of aryl methyl sites for hydroxylation is 1. The van der Waals surface area contributed by atoms with Crippen molar-refractivity contribution in [2.24, 2.45) is 0 Å². The summed E-state index contributed by atoms with van der Waals surface area (Å²) in [6, 6.07) is 7.68. The number of hydrogen-bond donors (Lipinski definition) is 3. The van der Waals surface area contributed by atoms with Gasteiger partial charge < -0.3 is 20.9 Å².